The number of rotatable bonds is 0. The highest BCUT2D eigenvalue weighted by Crippen LogP contribution is 3.59. The molecule has 0 amide bonds. The number of hydrogen-bond donors (Lipinski definition) is 0. The lowest BCUT2D eigenvalue weighted by molar-refractivity contribution is 0.410. The lowest BCUT2D eigenvalue weighted by Crippen LogP contribution is -2.06. The fourth-order valence-corrected chi connectivity index (χ4v) is 8.60. The summed E-state index contributed by atoms with van der Waals surface area (Å²) in [7, 11) is 2.35. The Labute approximate surface area is 78.1 Å². The van der Waals surface area contributed by atoms with E-state index in [0.29, 0.717) is 9.20 Å². The molecule has 0 N–H and O–H groups in total. The maximum Gasteiger partial charge on any atom is 0.243 e. The van der Waals surface area contributed by atoms with Gasteiger partial charge in [0.05, 0.1) is 7.11 Å². The van der Waals surface area contributed by atoms with Crippen LogP contribution in [0.3, 0.4) is 0 Å². The van der Waals surface area contributed by atoms with E-state index in [-0.39, 0.29) is 0 Å². The third-order valence-electron chi connectivity index (χ3n) is 7.57. The quantitative estimate of drug-likeness (QED) is 0.497. The second kappa shape index (κ2) is 0.751. The van der Waals surface area contributed by atoms with Crippen molar-refractivity contribution in [3.05, 3.63) is 0 Å². The van der Waals surface area contributed by atoms with E-state index < -0.39 is 0 Å². The van der Waals surface area contributed by atoms with E-state index in [2.05, 4.69) is 5.50 Å². The van der Waals surface area contributed by atoms with Crippen LogP contribution in [0.2, 0.25) is 0 Å². The maximum atomic E-state index is 5.11. The van der Waals surface area contributed by atoms with E-state index in [0.717, 1.165) is 38.9 Å². The van der Waals surface area contributed by atoms with E-state index in [9.17, 15) is 0 Å². The van der Waals surface area contributed by atoms with Crippen LogP contribution in [0.25, 0.3) is 0 Å². The molecule has 5 spiro atoms. The van der Waals surface area contributed by atoms with Crippen LogP contribution >= 0.6 is 0 Å². The van der Waals surface area contributed by atoms with Gasteiger partial charge >= 0.3 is 0 Å². The van der Waals surface area contributed by atoms with Crippen molar-refractivity contribution < 1.29 is 4.43 Å². The Balaban J connectivity index is 1.40. The first-order valence-electron chi connectivity index (χ1n) is 5.44. The van der Waals surface area contributed by atoms with Gasteiger partial charge in [-0.15, -0.1) is 0 Å². The highest BCUT2D eigenvalue weighted by molar-refractivity contribution is 6.16. The molecular formula is C11H8OSi. The minimum absolute atomic E-state index is 0.551. The van der Waals surface area contributed by atoms with Crippen LogP contribution in [0.5, 0.6) is 0 Å². The first-order chi connectivity index (χ1) is 6.40. The second-order valence-corrected chi connectivity index (χ2v) is 7.27. The van der Waals surface area contributed by atoms with Crippen LogP contribution in [0.1, 0.15) is 6.42 Å². The third-order valence-corrected chi connectivity index (χ3v) is 8.20. The monoisotopic (exact) mass is 184 g/mol. The summed E-state index contributed by atoms with van der Waals surface area (Å²) in [6, 6.07) is 0. The summed E-state index contributed by atoms with van der Waals surface area (Å²) in [6.07, 6.45) is 1.64. The SMILES string of the molecule is CO[Si]#CC1C2C13C21C24C5CC52C341. The molecule has 7 aliphatic carbocycles. The van der Waals surface area contributed by atoms with Gasteiger partial charge in [0.1, 0.15) is 0 Å². The van der Waals surface area contributed by atoms with Crippen LogP contribution in [0.15, 0.2) is 0 Å². The molecule has 0 aliphatic heterocycles. The Morgan fingerprint density at radius 3 is 3.00 bits per heavy atom. The van der Waals surface area contributed by atoms with Gasteiger partial charge in [-0.3, -0.25) is 0 Å². The van der Waals surface area contributed by atoms with Crippen LogP contribution in [0, 0.1) is 50.3 Å². The molecule has 7 saturated carbocycles. The molecule has 7 aliphatic rings. The zero-order chi connectivity index (χ0) is 8.06. The third kappa shape index (κ3) is 0.134. The lowest BCUT2D eigenvalue weighted by atomic mass is 9.96. The predicted molar refractivity (Wildman–Crippen MR) is 43.9 cm³/mol. The molecule has 8 unspecified atom stereocenters. The summed E-state index contributed by atoms with van der Waals surface area (Å²) >= 11 is 0. The van der Waals surface area contributed by atoms with E-state index in [4.69, 9.17) is 4.43 Å². The Bertz CT molecular complexity index is 560. The van der Waals surface area contributed by atoms with Crippen molar-refractivity contribution in [1.82, 2.24) is 0 Å². The van der Waals surface area contributed by atoms with Gasteiger partial charge in [0.2, 0.25) is 9.20 Å². The maximum absolute atomic E-state index is 5.11. The molecule has 2 heteroatoms. The summed E-state index contributed by atoms with van der Waals surface area (Å²) in [6.45, 7) is 0. The van der Waals surface area contributed by atoms with Crippen molar-refractivity contribution in [2.24, 2.45) is 44.8 Å². The van der Waals surface area contributed by atoms with Crippen molar-refractivity contribution >= 4 is 9.20 Å². The van der Waals surface area contributed by atoms with E-state index in [1.54, 1.807) is 13.5 Å². The van der Waals surface area contributed by atoms with Gasteiger partial charge in [0.25, 0.3) is 0 Å². The largest absolute Gasteiger partial charge is 0.508 e. The van der Waals surface area contributed by atoms with Crippen molar-refractivity contribution in [2.75, 3.05) is 7.11 Å². The van der Waals surface area contributed by atoms with Gasteiger partial charge < -0.3 is 4.43 Å². The topological polar surface area (TPSA) is 9.23 Å². The van der Waals surface area contributed by atoms with Crippen molar-refractivity contribution in [3.8, 4) is 5.50 Å². The fourth-order valence-electron chi connectivity index (χ4n) is 7.96. The molecule has 0 radical (unpaired) electrons. The molecule has 8 atom stereocenters. The summed E-state index contributed by atoms with van der Waals surface area (Å²) in [4.78, 5) is 0. The molecule has 0 saturated heterocycles. The Hall–Kier alpha value is -0.203. The highest BCUT2D eigenvalue weighted by atomic mass is 28.2. The molecule has 0 aromatic heterocycles. The zero-order valence-corrected chi connectivity index (χ0v) is 8.35. The van der Waals surface area contributed by atoms with Gasteiger partial charge in [-0.1, -0.05) is 5.50 Å². The average molecular weight is 184 g/mol. The summed E-state index contributed by atoms with van der Waals surface area (Å²) in [5.74, 6) is 3.35. The molecular weight excluding hydrogens is 176 g/mol. The summed E-state index contributed by atoms with van der Waals surface area (Å²) in [5.41, 5.74) is 8.69. The summed E-state index contributed by atoms with van der Waals surface area (Å²) in [5, 5.41) is 0. The van der Waals surface area contributed by atoms with Gasteiger partial charge in [-0.05, 0) is 39.9 Å². The molecule has 7 fully saturated rings. The standard InChI is InChI=1S/C11H8OSi/c1-12-13-3-4-6-8(4)10(6)9-5-2-7(5,9)11(8,9)10/h4-6H,2H2,1H3. The molecule has 13 heavy (non-hydrogen) atoms. The second-order valence-electron chi connectivity index (χ2n) is 6.37. The van der Waals surface area contributed by atoms with E-state index >= 15 is 0 Å². The minimum atomic E-state index is 0.551. The molecule has 62 valence electrons. The molecule has 1 nitrogen and oxygen atoms in total. The fraction of sp³-hybridized carbons (Fsp3) is 0.909. The number of hydrogen-bond acceptors (Lipinski definition) is 1. The predicted octanol–water partition coefficient (Wildman–Crippen LogP) is 0.477. The van der Waals surface area contributed by atoms with Crippen LogP contribution < -0.4 is 0 Å². The average Bonchev–Trinajstić information content (AvgIpc) is 2.93. The molecule has 7 rings (SSSR count). The van der Waals surface area contributed by atoms with Gasteiger partial charge in [-0.2, -0.15) is 0 Å². The van der Waals surface area contributed by atoms with Crippen LogP contribution in [-0.2, 0) is 4.43 Å². The van der Waals surface area contributed by atoms with Crippen LogP contribution in [-0.4, -0.2) is 16.3 Å². The Morgan fingerprint density at radius 1 is 1.46 bits per heavy atom. The van der Waals surface area contributed by atoms with E-state index in [1.807, 2.05) is 0 Å². The van der Waals surface area contributed by atoms with Gasteiger partial charge in [0.15, 0.2) is 0 Å². The van der Waals surface area contributed by atoms with Gasteiger partial charge in [-0.25, -0.2) is 0 Å². The van der Waals surface area contributed by atoms with Crippen molar-refractivity contribution in [1.29, 1.82) is 0 Å². The minimum Gasteiger partial charge on any atom is -0.508 e. The first-order valence-corrected chi connectivity index (χ1v) is 6.35. The molecule has 0 aromatic carbocycles. The van der Waals surface area contributed by atoms with Crippen molar-refractivity contribution in [2.45, 2.75) is 6.42 Å². The Kier molecular flexibility index (Phi) is 0.291. The smallest absolute Gasteiger partial charge is 0.243 e. The Morgan fingerprint density at radius 2 is 2.38 bits per heavy atom. The lowest BCUT2D eigenvalue weighted by Gasteiger charge is -2.07. The molecule has 0 aromatic rings. The highest BCUT2D eigenvalue weighted by Gasteiger charge is 3.58. The molecule has 0 bridgehead atoms. The van der Waals surface area contributed by atoms with Crippen molar-refractivity contribution in [3.63, 3.8) is 0 Å². The summed E-state index contributed by atoms with van der Waals surface area (Å²) < 4.78 is 5.11. The van der Waals surface area contributed by atoms with Gasteiger partial charge in [0, 0.05) is 11.3 Å². The first kappa shape index (κ1) is 5.04. The van der Waals surface area contributed by atoms with Crippen LogP contribution in [0.4, 0.5) is 0 Å². The van der Waals surface area contributed by atoms with E-state index in [1.165, 1.54) is 5.92 Å². The normalized spacial score (nSPS) is 102. The molecule has 0 heterocycles. The zero-order valence-electron chi connectivity index (χ0n) is 7.35.